The van der Waals surface area contributed by atoms with E-state index in [0.717, 1.165) is 12.8 Å². The van der Waals surface area contributed by atoms with Crippen LogP contribution in [0.25, 0.3) is 0 Å². The Kier molecular flexibility index (Phi) is 2.58. The SMILES string of the molecule is CC(=O)NC1(C(=O)N2CC2C#N)CCCC1. The van der Waals surface area contributed by atoms with Gasteiger partial charge >= 0.3 is 0 Å². The summed E-state index contributed by atoms with van der Waals surface area (Å²) in [7, 11) is 0. The van der Waals surface area contributed by atoms with E-state index in [0.29, 0.717) is 19.4 Å². The van der Waals surface area contributed by atoms with Crippen molar-refractivity contribution >= 4 is 11.8 Å². The molecule has 2 amide bonds. The van der Waals surface area contributed by atoms with E-state index >= 15 is 0 Å². The molecule has 1 atom stereocenters. The van der Waals surface area contributed by atoms with Gasteiger partial charge in [0.05, 0.1) is 12.6 Å². The van der Waals surface area contributed by atoms with E-state index in [1.54, 1.807) is 4.90 Å². The molecule has 1 aliphatic heterocycles. The molecule has 2 rings (SSSR count). The van der Waals surface area contributed by atoms with E-state index in [4.69, 9.17) is 5.26 Å². The standard InChI is InChI=1S/C11H15N3O2/c1-8(15)13-11(4-2-3-5-11)10(16)14-7-9(14)6-12/h9H,2-5,7H2,1H3,(H,13,15). The van der Waals surface area contributed by atoms with E-state index in [1.165, 1.54) is 6.92 Å². The molecule has 0 aromatic carbocycles. The summed E-state index contributed by atoms with van der Waals surface area (Å²) in [6, 6.07) is 1.78. The van der Waals surface area contributed by atoms with Gasteiger partial charge in [-0.1, -0.05) is 12.8 Å². The zero-order valence-corrected chi connectivity index (χ0v) is 9.32. The van der Waals surface area contributed by atoms with Crippen molar-refractivity contribution in [3.8, 4) is 6.07 Å². The lowest BCUT2D eigenvalue weighted by Gasteiger charge is -2.28. The Morgan fingerprint density at radius 3 is 2.50 bits per heavy atom. The molecule has 5 heteroatoms. The van der Waals surface area contributed by atoms with E-state index in [9.17, 15) is 9.59 Å². The number of rotatable bonds is 2. The van der Waals surface area contributed by atoms with Crippen LogP contribution >= 0.6 is 0 Å². The Bertz CT molecular complexity index is 366. The summed E-state index contributed by atoms with van der Waals surface area (Å²) in [5, 5.41) is 11.5. The molecule has 0 aromatic heterocycles. The Balaban J connectivity index is 2.11. The van der Waals surface area contributed by atoms with Crippen LogP contribution in [0.3, 0.4) is 0 Å². The molecule has 1 saturated heterocycles. The van der Waals surface area contributed by atoms with Crippen LogP contribution in [0.15, 0.2) is 0 Å². The fraction of sp³-hybridized carbons (Fsp3) is 0.727. The normalized spacial score (nSPS) is 26.0. The molecule has 0 spiro atoms. The number of nitrogens with zero attached hydrogens (tertiary/aromatic N) is 2. The highest BCUT2D eigenvalue weighted by molar-refractivity contribution is 5.93. The smallest absolute Gasteiger partial charge is 0.249 e. The lowest BCUT2D eigenvalue weighted by molar-refractivity contribution is -0.136. The monoisotopic (exact) mass is 221 g/mol. The number of amides is 2. The number of nitrogens with one attached hydrogen (secondary N) is 1. The minimum Gasteiger partial charge on any atom is -0.342 e. The zero-order chi connectivity index (χ0) is 11.8. The van der Waals surface area contributed by atoms with Crippen molar-refractivity contribution in [3.63, 3.8) is 0 Å². The first kappa shape index (κ1) is 10.9. The molecular weight excluding hydrogens is 206 g/mol. The first-order chi connectivity index (χ1) is 7.59. The fourth-order valence-electron chi connectivity index (χ4n) is 2.46. The molecule has 2 fully saturated rings. The maximum Gasteiger partial charge on any atom is 0.249 e. The summed E-state index contributed by atoms with van der Waals surface area (Å²) >= 11 is 0. The van der Waals surface area contributed by atoms with Crippen LogP contribution < -0.4 is 5.32 Å². The van der Waals surface area contributed by atoms with Gasteiger partial charge in [-0.3, -0.25) is 9.59 Å². The third-order valence-electron chi connectivity index (χ3n) is 3.30. The molecule has 0 radical (unpaired) electrons. The van der Waals surface area contributed by atoms with Crippen LogP contribution in [-0.4, -0.2) is 34.8 Å². The zero-order valence-electron chi connectivity index (χ0n) is 9.32. The number of nitriles is 1. The van der Waals surface area contributed by atoms with Gasteiger partial charge in [-0.25, -0.2) is 0 Å². The van der Waals surface area contributed by atoms with Crippen molar-refractivity contribution in [1.82, 2.24) is 10.2 Å². The molecule has 0 aromatic rings. The van der Waals surface area contributed by atoms with Crippen molar-refractivity contribution in [2.45, 2.75) is 44.2 Å². The summed E-state index contributed by atoms with van der Waals surface area (Å²) in [5.74, 6) is -0.252. The summed E-state index contributed by atoms with van der Waals surface area (Å²) in [4.78, 5) is 24.9. The molecule has 0 bridgehead atoms. The first-order valence-corrected chi connectivity index (χ1v) is 5.58. The molecule has 2 aliphatic rings. The van der Waals surface area contributed by atoms with E-state index in [2.05, 4.69) is 11.4 Å². The lowest BCUT2D eigenvalue weighted by Crippen LogP contribution is -2.54. The molecule has 1 unspecified atom stereocenters. The van der Waals surface area contributed by atoms with E-state index in [-0.39, 0.29) is 17.9 Å². The van der Waals surface area contributed by atoms with Crippen LogP contribution in [0.2, 0.25) is 0 Å². The lowest BCUT2D eigenvalue weighted by atomic mass is 9.96. The summed E-state index contributed by atoms with van der Waals surface area (Å²) in [6.45, 7) is 1.94. The fourth-order valence-corrected chi connectivity index (χ4v) is 2.46. The van der Waals surface area contributed by atoms with Gasteiger partial charge in [0.1, 0.15) is 11.6 Å². The quantitative estimate of drug-likeness (QED) is 0.675. The van der Waals surface area contributed by atoms with Crippen molar-refractivity contribution < 1.29 is 9.59 Å². The van der Waals surface area contributed by atoms with Crippen LogP contribution in [0.5, 0.6) is 0 Å². The minimum absolute atomic E-state index is 0.0771. The average molecular weight is 221 g/mol. The third-order valence-corrected chi connectivity index (χ3v) is 3.30. The number of carbonyl (C=O) groups excluding carboxylic acids is 2. The van der Waals surface area contributed by atoms with Gasteiger partial charge in [-0.05, 0) is 12.8 Å². The van der Waals surface area contributed by atoms with Crippen molar-refractivity contribution in [2.75, 3.05) is 6.54 Å². The largest absolute Gasteiger partial charge is 0.342 e. The molecule has 1 saturated carbocycles. The molecule has 16 heavy (non-hydrogen) atoms. The third kappa shape index (κ3) is 1.75. The van der Waals surface area contributed by atoms with Crippen LogP contribution in [0.1, 0.15) is 32.6 Å². The minimum atomic E-state index is -0.725. The van der Waals surface area contributed by atoms with Gasteiger partial charge in [-0.15, -0.1) is 0 Å². The first-order valence-electron chi connectivity index (χ1n) is 5.58. The maximum atomic E-state index is 12.2. The number of hydrogen-bond acceptors (Lipinski definition) is 3. The van der Waals surface area contributed by atoms with Crippen LogP contribution in [-0.2, 0) is 9.59 Å². The van der Waals surface area contributed by atoms with Gasteiger partial charge in [0.15, 0.2) is 0 Å². The summed E-state index contributed by atoms with van der Waals surface area (Å²) in [5.41, 5.74) is -0.725. The van der Waals surface area contributed by atoms with Gasteiger partial charge in [0.25, 0.3) is 0 Å². The topological polar surface area (TPSA) is 73.0 Å². The molecule has 1 aliphatic carbocycles. The molecule has 1 heterocycles. The molecule has 5 nitrogen and oxygen atoms in total. The highest BCUT2D eigenvalue weighted by Gasteiger charge is 2.51. The highest BCUT2D eigenvalue weighted by Crippen LogP contribution is 2.34. The molecule has 1 N–H and O–H groups in total. The maximum absolute atomic E-state index is 12.2. The average Bonchev–Trinajstić information content (AvgIpc) is 2.89. The highest BCUT2D eigenvalue weighted by atomic mass is 16.2. The Labute approximate surface area is 94.4 Å². The summed E-state index contributed by atoms with van der Waals surface area (Å²) in [6.07, 6.45) is 3.30. The predicted molar refractivity (Wildman–Crippen MR) is 56.1 cm³/mol. The summed E-state index contributed by atoms with van der Waals surface area (Å²) < 4.78 is 0. The second-order valence-electron chi connectivity index (χ2n) is 4.57. The molecular formula is C11H15N3O2. The van der Waals surface area contributed by atoms with E-state index < -0.39 is 5.54 Å². The van der Waals surface area contributed by atoms with E-state index in [1.807, 2.05) is 0 Å². The van der Waals surface area contributed by atoms with Gasteiger partial charge in [0, 0.05) is 6.92 Å². The Hall–Kier alpha value is -1.57. The van der Waals surface area contributed by atoms with Gasteiger partial charge in [0.2, 0.25) is 11.8 Å². The Morgan fingerprint density at radius 1 is 1.44 bits per heavy atom. The predicted octanol–water partition coefficient (Wildman–Crippen LogP) is 0.170. The van der Waals surface area contributed by atoms with Crippen molar-refractivity contribution in [2.24, 2.45) is 0 Å². The van der Waals surface area contributed by atoms with Crippen LogP contribution in [0, 0.1) is 11.3 Å². The van der Waals surface area contributed by atoms with Crippen LogP contribution in [0.4, 0.5) is 0 Å². The second kappa shape index (κ2) is 3.78. The Morgan fingerprint density at radius 2 is 2.06 bits per heavy atom. The molecule has 86 valence electrons. The van der Waals surface area contributed by atoms with Gasteiger partial charge in [-0.2, -0.15) is 5.26 Å². The number of hydrogen-bond donors (Lipinski definition) is 1. The van der Waals surface area contributed by atoms with Crippen molar-refractivity contribution in [3.05, 3.63) is 0 Å². The van der Waals surface area contributed by atoms with Crippen molar-refractivity contribution in [1.29, 1.82) is 5.26 Å². The number of carbonyl (C=O) groups is 2. The second-order valence-corrected chi connectivity index (χ2v) is 4.57. The van der Waals surface area contributed by atoms with Gasteiger partial charge < -0.3 is 10.2 Å².